The Morgan fingerprint density at radius 1 is 0.769 bits per heavy atom. The van der Waals surface area contributed by atoms with Crippen molar-refractivity contribution in [2.24, 2.45) is 0 Å². The molecule has 0 fully saturated rings. The molecule has 0 aliphatic rings. The van der Waals surface area contributed by atoms with E-state index in [1.165, 1.54) is 18.3 Å². The van der Waals surface area contributed by atoms with Crippen LogP contribution in [-0.2, 0) is 43.6 Å². The topological polar surface area (TPSA) is 84.0 Å². The SMILES string of the molecule is CC(=O)O[C@H](COCc1ccccc1)[C@@H](OCc1ccccc1)[C@@H](OCc1ccccc1)C(=O)c1nccs1. The molecular formula is C31H31NO6S. The maximum atomic E-state index is 13.7. The molecular weight excluding hydrogens is 514 g/mol. The second-order valence-electron chi connectivity index (χ2n) is 8.83. The molecule has 0 radical (unpaired) electrons. The third kappa shape index (κ3) is 8.94. The quantitative estimate of drug-likeness (QED) is 0.141. The lowest BCUT2D eigenvalue weighted by atomic mass is 10.0. The standard InChI is InChI=1S/C31H31NO6S/c1-23(33)38-27(22-35-19-24-11-5-2-6-12-24)29(36-20-25-13-7-3-8-14-25)30(28(34)31-32-17-18-39-31)37-21-26-15-9-4-10-16-26/h2-18,27,29-30H,19-22H2,1H3/t27-,29-,30+/m1/s1. The van der Waals surface area contributed by atoms with E-state index in [0.29, 0.717) is 6.61 Å². The fourth-order valence-electron chi connectivity index (χ4n) is 3.98. The maximum Gasteiger partial charge on any atom is 0.303 e. The van der Waals surface area contributed by atoms with Crippen molar-refractivity contribution in [3.05, 3.63) is 124 Å². The highest BCUT2D eigenvalue weighted by Gasteiger charge is 2.40. The maximum absolute atomic E-state index is 13.7. The number of Topliss-reactive ketones (excluding diaryl/α,β-unsaturated/α-hetero) is 1. The molecule has 0 spiro atoms. The molecule has 0 saturated heterocycles. The predicted molar refractivity (Wildman–Crippen MR) is 148 cm³/mol. The summed E-state index contributed by atoms with van der Waals surface area (Å²) < 4.78 is 24.2. The summed E-state index contributed by atoms with van der Waals surface area (Å²) >= 11 is 1.22. The van der Waals surface area contributed by atoms with Crippen molar-refractivity contribution in [3.63, 3.8) is 0 Å². The van der Waals surface area contributed by atoms with Crippen molar-refractivity contribution in [1.82, 2.24) is 4.98 Å². The number of thiazole rings is 1. The second kappa shape index (κ2) is 15.0. The number of rotatable bonds is 15. The first kappa shape index (κ1) is 28.3. The van der Waals surface area contributed by atoms with E-state index in [4.69, 9.17) is 18.9 Å². The van der Waals surface area contributed by atoms with E-state index in [9.17, 15) is 9.59 Å². The zero-order valence-corrected chi connectivity index (χ0v) is 22.5. The Morgan fingerprint density at radius 2 is 1.31 bits per heavy atom. The summed E-state index contributed by atoms with van der Waals surface area (Å²) in [6.07, 6.45) is -1.42. The van der Waals surface area contributed by atoms with E-state index >= 15 is 0 Å². The molecule has 0 aliphatic carbocycles. The summed E-state index contributed by atoms with van der Waals surface area (Å²) in [6, 6.07) is 28.8. The van der Waals surface area contributed by atoms with E-state index in [1.807, 2.05) is 91.0 Å². The average Bonchev–Trinajstić information content (AvgIpc) is 3.51. The van der Waals surface area contributed by atoms with Gasteiger partial charge in [0.2, 0.25) is 5.78 Å². The summed E-state index contributed by atoms with van der Waals surface area (Å²) in [4.78, 5) is 30.1. The number of nitrogens with zero attached hydrogens (tertiary/aromatic N) is 1. The van der Waals surface area contributed by atoms with Gasteiger partial charge in [0.05, 0.1) is 26.4 Å². The Hall–Kier alpha value is -3.69. The number of carbonyl (C=O) groups is 2. The summed E-state index contributed by atoms with van der Waals surface area (Å²) in [6.45, 7) is 1.97. The molecule has 202 valence electrons. The second-order valence-corrected chi connectivity index (χ2v) is 9.72. The van der Waals surface area contributed by atoms with Gasteiger partial charge in [-0.2, -0.15) is 0 Å². The van der Waals surface area contributed by atoms with E-state index in [2.05, 4.69) is 4.98 Å². The minimum absolute atomic E-state index is 0.00424. The van der Waals surface area contributed by atoms with Crippen LogP contribution in [0, 0.1) is 0 Å². The Balaban J connectivity index is 1.62. The lowest BCUT2D eigenvalue weighted by Crippen LogP contribution is -2.49. The minimum Gasteiger partial charge on any atom is -0.457 e. The largest absolute Gasteiger partial charge is 0.457 e. The molecule has 0 N–H and O–H groups in total. The molecule has 0 saturated carbocycles. The van der Waals surface area contributed by atoms with Gasteiger partial charge in [-0.3, -0.25) is 9.59 Å². The predicted octanol–water partition coefficient (Wildman–Crippen LogP) is 5.65. The third-order valence-electron chi connectivity index (χ3n) is 5.84. The molecule has 4 aromatic rings. The van der Waals surface area contributed by atoms with E-state index in [-0.39, 0.29) is 30.6 Å². The number of ether oxygens (including phenoxy) is 4. The first-order valence-corrected chi connectivity index (χ1v) is 13.5. The molecule has 8 heteroatoms. The van der Waals surface area contributed by atoms with E-state index < -0.39 is 24.3 Å². The van der Waals surface area contributed by atoms with Crippen molar-refractivity contribution in [3.8, 4) is 0 Å². The van der Waals surface area contributed by atoms with Gasteiger partial charge < -0.3 is 18.9 Å². The van der Waals surface area contributed by atoms with Gasteiger partial charge in [-0.15, -0.1) is 11.3 Å². The van der Waals surface area contributed by atoms with Gasteiger partial charge in [-0.05, 0) is 16.7 Å². The van der Waals surface area contributed by atoms with Gasteiger partial charge in [0.25, 0.3) is 0 Å². The van der Waals surface area contributed by atoms with Crippen LogP contribution in [0.1, 0.15) is 33.4 Å². The minimum atomic E-state index is -1.11. The summed E-state index contributed by atoms with van der Waals surface area (Å²) in [5, 5.41) is 2.02. The van der Waals surface area contributed by atoms with Crippen LogP contribution in [0.25, 0.3) is 0 Å². The third-order valence-corrected chi connectivity index (χ3v) is 6.62. The van der Waals surface area contributed by atoms with E-state index in [0.717, 1.165) is 16.7 Å². The Bertz CT molecular complexity index is 1270. The molecule has 0 aliphatic heterocycles. The monoisotopic (exact) mass is 545 g/mol. The molecule has 39 heavy (non-hydrogen) atoms. The molecule has 0 unspecified atom stereocenters. The molecule has 1 heterocycles. The number of carbonyl (C=O) groups excluding carboxylic acids is 2. The van der Waals surface area contributed by atoms with Crippen LogP contribution in [0.4, 0.5) is 0 Å². The van der Waals surface area contributed by atoms with Gasteiger partial charge in [-0.1, -0.05) is 91.0 Å². The van der Waals surface area contributed by atoms with Crippen molar-refractivity contribution in [1.29, 1.82) is 0 Å². The first-order valence-electron chi connectivity index (χ1n) is 12.6. The number of aromatic nitrogens is 1. The van der Waals surface area contributed by atoms with Crippen molar-refractivity contribution in [2.45, 2.75) is 45.1 Å². The number of benzene rings is 3. The van der Waals surface area contributed by atoms with Gasteiger partial charge in [-0.25, -0.2) is 4.98 Å². The lowest BCUT2D eigenvalue weighted by Gasteiger charge is -2.32. The summed E-state index contributed by atoms with van der Waals surface area (Å²) in [5.74, 6) is -0.862. The molecule has 3 atom stereocenters. The summed E-state index contributed by atoms with van der Waals surface area (Å²) in [5.41, 5.74) is 2.76. The zero-order chi connectivity index (χ0) is 27.3. The van der Waals surface area contributed by atoms with Crippen LogP contribution in [0.2, 0.25) is 0 Å². The van der Waals surface area contributed by atoms with Crippen LogP contribution in [0.5, 0.6) is 0 Å². The Labute approximate surface area is 232 Å². The molecule has 4 rings (SSSR count). The number of esters is 1. The fourth-order valence-corrected chi connectivity index (χ4v) is 4.58. The zero-order valence-electron chi connectivity index (χ0n) is 21.7. The van der Waals surface area contributed by atoms with Gasteiger partial charge >= 0.3 is 5.97 Å². The molecule has 3 aromatic carbocycles. The van der Waals surface area contributed by atoms with Gasteiger partial charge in [0.15, 0.2) is 17.2 Å². The highest BCUT2D eigenvalue weighted by atomic mass is 32.1. The van der Waals surface area contributed by atoms with Gasteiger partial charge in [0.1, 0.15) is 6.10 Å². The normalized spacial score (nSPS) is 13.4. The molecule has 1 aromatic heterocycles. The van der Waals surface area contributed by atoms with Crippen LogP contribution >= 0.6 is 11.3 Å². The van der Waals surface area contributed by atoms with Gasteiger partial charge in [0, 0.05) is 18.5 Å². The van der Waals surface area contributed by atoms with Crippen molar-refractivity contribution >= 4 is 23.1 Å². The highest BCUT2D eigenvalue weighted by molar-refractivity contribution is 7.11. The molecule has 0 bridgehead atoms. The number of hydrogen-bond acceptors (Lipinski definition) is 8. The van der Waals surface area contributed by atoms with Crippen molar-refractivity contribution < 1.29 is 28.5 Å². The summed E-state index contributed by atoms with van der Waals surface area (Å²) in [7, 11) is 0. The Morgan fingerprint density at radius 3 is 1.82 bits per heavy atom. The highest BCUT2D eigenvalue weighted by Crippen LogP contribution is 2.22. The lowest BCUT2D eigenvalue weighted by molar-refractivity contribution is -0.174. The van der Waals surface area contributed by atoms with Crippen LogP contribution in [-0.4, -0.2) is 41.7 Å². The van der Waals surface area contributed by atoms with Crippen LogP contribution in [0.3, 0.4) is 0 Å². The molecule has 0 amide bonds. The van der Waals surface area contributed by atoms with E-state index in [1.54, 1.807) is 11.6 Å². The number of hydrogen-bond donors (Lipinski definition) is 0. The smallest absolute Gasteiger partial charge is 0.303 e. The molecule has 7 nitrogen and oxygen atoms in total. The average molecular weight is 546 g/mol. The van der Waals surface area contributed by atoms with Crippen LogP contribution < -0.4 is 0 Å². The Kier molecular flexibility index (Phi) is 10.9. The first-order chi connectivity index (χ1) is 19.1. The van der Waals surface area contributed by atoms with Crippen molar-refractivity contribution in [2.75, 3.05) is 6.61 Å². The number of ketones is 1. The van der Waals surface area contributed by atoms with Crippen LogP contribution in [0.15, 0.2) is 103 Å². The fraction of sp³-hybridized carbons (Fsp3) is 0.258.